The van der Waals surface area contributed by atoms with Gasteiger partial charge in [0.25, 0.3) is 0 Å². The fourth-order valence-electron chi connectivity index (χ4n) is 2.17. The molecule has 9 nitrogen and oxygen atoms in total. The van der Waals surface area contributed by atoms with Crippen LogP contribution in [0, 0.1) is 24.0 Å². The lowest BCUT2D eigenvalue weighted by molar-refractivity contribution is -0.392. The Balaban J connectivity index is 2.03. The first kappa shape index (κ1) is 15.2. The second-order valence-electron chi connectivity index (χ2n) is 5.01. The van der Waals surface area contributed by atoms with Crippen LogP contribution in [0.25, 0.3) is 5.69 Å². The van der Waals surface area contributed by atoms with E-state index in [1.165, 1.54) is 6.33 Å². The quantitative estimate of drug-likeness (QED) is 0.532. The molecule has 0 atom stereocenters. The van der Waals surface area contributed by atoms with Gasteiger partial charge in [-0.3, -0.25) is 0 Å². The number of nitrogens with zero attached hydrogens (tertiary/aromatic N) is 7. The summed E-state index contributed by atoms with van der Waals surface area (Å²) in [5, 5.41) is 23.5. The molecule has 23 heavy (non-hydrogen) atoms. The number of rotatable bonds is 4. The third-order valence-electron chi connectivity index (χ3n) is 3.25. The van der Waals surface area contributed by atoms with Crippen LogP contribution in [0.5, 0.6) is 0 Å². The average Bonchev–Trinajstić information content (AvgIpc) is 3.07. The van der Waals surface area contributed by atoms with Crippen molar-refractivity contribution in [2.45, 2.75) is 24.0 Å². The highest BCUT2D eigenvalue weighted by Gasteiger charge is 2.24. The van der Waals surface area contributed by atoms with Crippen LogP contribution in [-0.4, -0.2) is 34.7 Å². The highest BCUT2D eigenvalue weighted by atomic mass is 32.2. The first-order valence-electron chi connectivity index (χ1n) is 6.67. The van der Waals surface area contributed by atoms with Gasteiger partial charge in [0.1, 0.15) is 0 Å². The third kappa shape index (κ3) is 2.80. The second-order valence-corrected chi connectivity index (χ2v) is 5.96. The number of aryl methyl sites for hydroxylation is 3. The Morgan fingerprint density at radius 3 is 2.78 bits per heavy atom. The summed E-state index contributed by atoms with van der Waals surface area (Å²) in [5.74, 6) is -0.215. The Kier molecular flexibility index (Phi) is 3.82. The zero-order valence-electron chi connectivity index (χ0n) is 12.7. The van der Waals surface area contributed by atoms with Crippen molar-refractivity contribution < 1.29 is 4.92 Å². The van der Waals surface area contributed by atoms with E-state index in [4.69, 9.17) is 0 Å². The SMILES string of the molecule is Cc1ccc(-n2nnnc2Sc2c([N+](=O)[O-])ncn2C)c(C)c1. The van der Waals surface area contributed by atoms with E-state index < -0.39 is 4.92 Å². The molecule has 0 spiro atoms. The molecule has 0 aliphatic rings. The van der Waals surface area contributed by atoms with E-state index >= 15 is 0 Å². The van der Waals surface area contributed by atoms with Crippen LogP contribution in [0.3, 0.4) is 0 Å². The minimum atomic E-state index is -0.520. The molecule has 2 heterocycles. The number of benzene rings is 1. The molecular formula is C13H13N7O2S. The highest BCUT2D eigenvalue weighted by Crippen LogP contribution is 2.33. The average molecular weight is 331 g/mol. The van der Waals surface area contributed by atoms with Crippen LogP contribution in [0.2, 0.25) is 0 Å². The van der Waals surface area contributed by atoms with Gasteiger partial charge in [-0.05, 0) is 57.6 Å². The maximum absolute atomic E-state index is 11.1. The normalized spacial score (nSPS) is 10.9. The summed E-state index contributed by atoms with van der Waals surface area (Å²) in [7, 11) is 1.69. The molecule has 0 aliphatic heterocycles. The predicted octanol–water partition coefficient (Wildman–Crippen LogP) is 2.07. The monoisotopic (exact) mass is 331 g/mol. The van der Waals surface area contributed by atoms with Gasteiger partial charge in [-0.25, -0.2) is 0 Å². The van der Waals surface area contributed by atoms with E-state index in [9.17, 15) is 10.1 Å². The first-order valence-corrected chi connectivity index (χ1v) is 7.48. The van der Waals surface area contributed by atoms with Gasteiger partial charge in [0.05, 0.1) is 5.69 Å². The Labute approximate surface area is 135 Å². The van der Waals surface area contributed by atoms with E-state index in [0.717, 1.165) is 28.6 Å². The van der Waals surface area contributed by atoms with Crippen molar-refractivity contribution in [2.24, 2.45) is 7.05 Å². The van der Waals surface area contributed by atoms with Gasteiger partial charge in [0.2, 0.25) is 11.5 Å². The topological polar surface area (TPSA) is 105 Å². The molecular weight excluding hydrogens is 318 g/mol. The van der Waals surface area contributed by atoms with Gasteiger partial charge in [0, 0.05) is 7.05 Å². The van der Waals surface area contributed by atoms with E-state index in [2.05, 4.69) is 20.5 Å². The molecule has 118 valence electrons. The number of hydrogen-bond donors (Lipinski definition) is 0. The third-order valence-corrected chi connectivity index (χ3v) is 4.35. The number of imidazole rings is 1. The molecule has 2 aromatic heterocycles. The number of nitro groups is 1. The van der Waals surface area contributed by atoms with Crippen LogP contribution in [-0.2, 0) is 7.05 Å². The van der Waals surface area contributed by atoms with E-state index in [0.29, 0.717) is 10.2 Å². The summed E-state index contributed by atoms with van der Waals surface area (Å²) in [6, 6.07) is 5.91. The minimum Gasteiger partial charge on any atom is -0.358 e. The lowest BCUT2D eigenvalue weighted by Crippen LogP contribution is -2.02. The lowest BCUT2D eigenvalue weighted by Gasteiger charge is -2.08. The van der Waals surface area contributed by atoms with Crippen LogP contribution in [0.15, 0.2) is 34.7 Å². The fraction of sp³-hybridized carbons (Fsp3) is 0.231. The molecule has 10 heteroatoms. The Bertz CT molecular complexity index is 886. The molecule has 3 aromatic rings. The molecule has 0 saturated carbocycles. The van der Waals surface area contributed by atoms with Gasteiger partial charge in [-0.1, -0.05) is 17.7 Å². The maximum atomic E-state index is 11.1. The summed E-state index contributed by atoms with van der Waals surface area (Å²) in [6.45, 7) is 3.97. The zero-order valence-corrected chi connectivity index (χ0v) is 13.5. The van der Waals surface area contributed by atoms with Crippen molar-refractivity contribution in [2.75, 3.05) is 0 Å². The first-order chi connectivity index (χ1) is 11.0. The van der Waals surface area contributed by atoms with Crippen LogP contribution in [0.1, 0.15) is 11.1 Å². The number of tetrazole rings is 1. The molecule has 0 unspecified atom stereocenters. The predicted molar refractivity (Wildman–Crippen MR) is 82.6 cm³/mol. The summed E-state index contributed by atoms with van der Waals surface area (Å²) in [5.41, 5.74) is 2.97. The van der Waals surface area contributed by atoms with E-state index in [1.807, 2.05) is 32.0 Å². The van der Waals surface area contributed by atoms with Crippen molar-refractivity contribution in [3.8, 4) is 5.69 Å². The summed E-state index contributed by atoms with van der Waals surface area (Å²) >= 11 is 1.10. The molecule has 0 aliphatic carbocycles. The zero-order chi connectivity index (χ0) is 16.6. The van der Waals surface area contributed by atoms with Crippen molar-refractivity contribution in [3.63, 3.8) is 0 Å². The summed E-state index contributed by atoms with van der Waals surface area (Å²) in [6.07, 6.45) is 1.39. The Hall–Kier alpha value is -2.75. The van der Waals surface area contributed by atoms with Gasteiger partial charge in [0.15, 0.2) is 5.03 Å². The second kappa shape index (κ2) is 5.80. The fourth-order valence-corrected chi connectivity index (χ4v) is 3.05. The van der Waals surface area contributed by atoms with Gasteiger partial charge in [-0.15, -0.1) is 5.10 Å². The minimum absolute atomic E-state index is 0.215. The Morgan fingerprint density at radius 1 is 1.30 bits per heavy atom. The van der Waals surface area contributed by atoms with Gasteiger partial charge < -0.3 is 14.7 Å². The van der Waals surface area contributed by atoms with Crippen LogP contribution in [0.4, 0.5) is 5.82 Å². The van der Waals surface area contributed by atoms with Crippen molar-refractivity contribution in [3.05, 3.63) is 45.8 Å². The van der Waals surface area contributed by atoms with Crippen LogP contribution < -0.4 is 0 Å². The summed E-state index contributed by atoms with van der Waals surface area (Å²) < 4.78 is 3.14. The van der Waals surface area contributed by atoms with Crippen molar-refractivity contribution in [1.29, 1.82) is 0 Å². The largest absolute Gasteiger partial charge is 0.396 e. The molecule has 0 N–H and O–H groups in total. The number of aromatic nitrogens is 6. The molecule has 0 saturated heterocycles. The van der Waals surface area contributed by atoms with Crippen molar-refractivity contribution in [1.82, 2.24) is 29.8 Å². The standard InChI is InChI=1S/C13H13N7O2S/c1-8-4-5-10(9(2)6-8)19-13(15-16-17-19)23-12-11(20(21)22)14-7-18(12)3/h4-7H,1-3H3. The van der Waals surface area contributed by atoms with Gasteiger partial charge >= 0.3 is 5.82 Å². The molecule has 1 aromatic carbocycles. The summed E-state index contributed by atoms with van der Waals surface area (Å²) in [4.78, 5) is 14.3. The molecule has 0 fully saturated rings. The number of hydrogen-bond acceptors (Lipinski definition) is 7. The maximum Gasteiger partial charge on any atom is 0.396 e. The van der Waals surface area contributed by atoms with E-state index in [-0.39, 0.29) is 5.82 Å². The molecule has 0 bridgehead atoms. The van der Waals surface area contributed by atoms with Gasteiger partial charge in [-0.2, -0.15) is 4.68 Å². The molecule has 0 radical (unpaired) electrons. The molecule has 3 rings (SSSR count). The van der Waals surface area contributed by atoms with Crippen LogP contribution >= 0.6 is 11.8 Å². The van der Waals surface area contributed by atoms with E-state index in [1.54, 1.807) is 16.3 Å². The lowest BCUT2D eigenvalue weighted by atomic mass is 10.1. The Morgan fingerprint density at radius 2 is 2.09 bits per heavy atom. The highest BCUT2D eigenvalue weighted by molar-refractivity contribution is 7.99. The van der Waals surface area contributed by atoms with Crippen molar-refractivity contribution >= 4 is 17.6 Å². The smallest absolute Gasteiger partial charge is 0.358 e. The molecule has 0 amide bonds.